The van der Waals surface area contributed by atoms with Gasteiger partial charge in [-0.1, -0.05) is 6.07 Å². The second-order valence-electron chi connectivity index (χ2n) is 4.17. The van der Waals surface area contributed by atoms with E-state index in [-0.39, 0.29) is 0 Å². The maximum atomic E-state index is 5.76. The fraction of sp³-hybridized carbons (Fsp3) is 0.308. The molecule has 2 rings (SSSR count). The van der Waals surface area contributed by atoms with Gasteiger partial charge in [0.1, 0.15) is 0 Å². The van der Waals surface area contributed by atoms with Gasteiger partial charge in [0.25, 0.3) is 0 Å². The topological polar surface area (TPSA) is 47.1 Å². The van der Waals surface area contributed by atoms with Crippen molar-refractivity contribution in [2.45, 2.75) is 13.0 Å². The summed E-state index contributed by atoms with van der Waals surface area (Å²) >= 11 is 0. The summed E-state index contributed by atoms with van der Waals surface area (Å²) in [5.74, 6) is 0. The molecule has 1 aromatic heterocycles. The molecule has 2 aromatic rings. The Morgan fingerprint density at radius 2 is 2.29 bits per heavy atom. The number of aromatic nitrogens is 2. The Morgan fingerprint density at radius 1 is 1.41 bits per heavy atom. The van der Waals surface area contributed by atoms with Crippen molar-refractivity contribution < 1.29 is 0 Å². The van der Waals surface area contributed by atoms with E-state index < -0.39 is 0 Å². The van der Waals surface area contributed by atoms with Crippen LogP contribution in [-0.2, 0) is 6.54 Å². The fourth-order valence-corrected chi connectivity index (χ4v) is 1.80. The van der Waals surface area contributed by atoms with E-state index in [2.05, 4.69) is 27.6 Å². The van der Waals surface area contributed by atoms with Crippen LogP contribution in [0.1, 0.15) is 6.42 Å². The van der Waals surface area contributed by atoms with Gasteiger partial charge in [0, 0.05) is 43.9 Å². The lowest BCUT2D eigenvalue weighted by Gasteiger charge is -2.19. The number of anilines is 2. The highest BCUT2D eigenvalue weighted by Gasteiger charge is 2.00. The third-order valence-electron chi connectivity index (χ3n) is 2.78. The average Bonchev–Trinajstić information content (AvgIpc) is 2.82. The van der Waals surface area contributed by atoms with Crippen LogP contribution < -0.4 is 10.6 Å². The van der Waals surface area contributed by atoms with Crippen molar-refractivity contribution >= 4 is 11.4 Å². The molecule has 2 N–H and O–H groups in total. The van der Waals surface area contributed by atoms with Crippen molar-refractivity contribution in [2.75, 3.05) is 24.2 Å². The standard InChI is InChI=1S/C13H18N4/c1-16(13-5-2-4-12(14)10-13)7-3-8-17-9-6-15-11-17/h2,4-6,9-11H,3,7-8,14H2,1H3. The summed E-state index contributed by atoms with van der Waals surface area (Å²) in [6.45, 7) is 1.99. The first-order chi connectivity index (χ1) is 8.25. The first kappa shape index (κ1) is 11.5. The largest absolute Gasteiger partial charge is 0.399 e. The summed E-state index contributed by atoms with van der Waals surface area (Å²) in [5.41, 5.74) is 7.74. The van der Waals surface area contributed by atoms with E-state index in [0.717, 1.165) is 30.9 Å². The average molecular weight is 230 g/mol. The molecule has 1 heterocycles. The first-order valence-electron chi connectivity index (χ1n) is 5.78. The molecule has 0 aliphatic rings. The van der Waals surface area contributed by atoms with Gasteiger partial charge in [0.15, 0.2) is 0 Å². The lowest BCUT2D eigenvalue weighted by atomic mass is 10.2. The van der Waals surface area contributed by atoms with Gasteiger partial charge in [0.2, 0.25) is 0 Å². The second kappa shape index (κ2) is 5.39. The van der Waals surface area contributed by atoms with Gasteiger partial charge in [-0.25, -0.2) is 4.98 Å². The fourth-order valence-electron chi connectivity index (χ4n) is 1.80. The van der Waals surface area contributed by atoms with Crippen molar-refractivity contribution in [3.8, 4) is 0 Å². The summed E-state index contributed by atoms with van der Waals surface area (Å²) in [6, 6.07) is 7.96. The lowest BCUT2D eigenvalue weighted by Crippen LogP contribution is -2.19. The SMILES string of the molecule is CN(CCCn1ccnc1)c1cccc(N)c1. The highest BCUT2D eigenvalue weighted by molar-refractivity contribution is 5.55. The minimum absolute atomic E-state index is 0.809. The van der Waals surface area contributed by atoms with Crippen molar-refractivity contribution in [3.05, 3.63) is 43.0 Å². The zero-order valence-corrected chi connectivity index (χ0v) is 10.1. The Bertz CT molecular complexity index is 450. The van der Waals surface area contributed by atoms with E-state index in [1.807, 2.05) is 36.9 Å². The summed E-state index contributed by atoms with van der Waals surface area (Å²) in [6.07, 6.45) is 6.73. The second-order valence-corrected chi connectivity index (χ2v) is 4.17. The Kier molecular flexibility index (Phi) is 3.65. The lowest BCUT2D eigenvalue weighted by molar-refractivity contribution is 0.638. The van der Waals surface area contributed by atoms with Gasteiger partial charge in [-0.05, 0) is 24.6 Å². The predicted octanol–water partition coefficient (Wildman–Crippen LogP) is 1.99. The van der Waals surface area contributed by atoms with E-state index >= 15 is 0 Å². The highest BCUT2D eigenvalue weighted by Crippen LogP contribution is 2.16. The van der Waals surface area contributed by atoms with Crippen molar-refractivity contribution in [1.82, 2.24) is 9.55 Å². The molecule has 0 atom stereocenters. The van der Waals surface area contributed by atoms with Crippen LogP contribution in [-0.4, -0.2) is 23.1 Å². The van der Waals surface area contributed by atoms with E-state index in [1.165, 1.54) is 0 Å². The highest BCUT2D eigenvalue weighted by atomic mass is 15.1. The number of rotatable bonds is 5. The molecular formula is C13H18N4. The molecule has 1 aromatic carbocycles. The number of hydrogen-bond donors (Lipinski definition) is 1. The van der Waals surface area contributed by atoms with E-state index in [1.54, 1.807) is 0 Å². The molecule has 4 heteroatoms. The van der Waals surface area contributed by atoms with Gasteiger partial charge in [-0.15, -0.1) is 0 Å². The Hall–Kier alpha value is -1.97. The van der Waals surface area contributed by atoms with Gasteiger partial charge < -0.3 is 15.2 Å². The molecule has 0 spiro atoms. The molecule has 4 nitrogen and oxygen atoms in total. The normalized spacial score (nSPS) is 10.4. The maximum absolute atomic E-state index is 5.76. The molecule has 17 heavy (non-hydrogen) atoms. The molecule has 90 valence electrons. The maximum Gasteiger partial charge on any atom is 0.0945 e. The monoisotopic (exact) mass is 230 g/mol. The third kappa shape index (κ3) is 3.24. The summed E-state index contributed by atoms with van der Waals surface area (Å²) in [5, 5.41) is 0. The number of hydrogen-bond acceptors (Lipinski definition) is 3. The van der Waals surface area contributed by atoms with Crippen LogP contribution in [0.4, 0.5) is 11.4 Å². The molecule has 0 unspecified atom stereocenters. The number of benzene rings is 1. The number of nitrogens with two attached hydrogens (primary N) is 1. The minimum atomic E-state index is 0.809. The van der Waals surface area contributed by atoms with Crippen LogP contribution in [0.25, 0.3) is 0 Å². The van der Waals surface area contributed by atoms with Crippen LogP contribution in [0.15, 0.2) is 43.0 Å². The van der Waals surface area contributed by atoms with Crippen LogP contribution in [0.3, 0.4) is 0 Å². The summed E-state index contributed by atoms with van der Waals surface area (Å²) in [7, 11) is 2.09. The molecule has 0 amide bonds. The van der Waals surface area contributed by atoms with E-state index in [9.17, 15) is 0 Å². The molecule has 0 saturated carbocycles. The molecule has 0 radical (unpaired) electrons. The first-order valence-corrected chi connectivity index (χ1v) is 5.78. The summed E-state index contributed by atoms with van der Waals surface area (Å²) < 4.78 is 2.09. The van der Waals surface area contributed by atoms with E-state index in [0.29, 0.717) is 0 Å². The van der Waals surface area contributed by atoms with Crippen LogP contribution in [0.5, 0.6) is 0 Å². The van der Waals surface area contributed by atoms with Crippen LogP contribution >= 0.6 is 0 Å². The molecule has 0 aliphatic carbocycles. The minimum Gasteiger partial charge on any atom is -0.399 e. The van der Waals surface area contributed by atoms with Crippen LogP contribution in [0, 0.1) is 0 Å². The van der Waals surface area contributed by atoms with Crippen molar-refractivity contribution in [1.29, 1.82) is 0 Å². The number of nitrogens with zero attached hydrogens (tertiary/aromatic N) is 3. The van der Waals surface area contributed by atoms with Gasteiger partial charge in [0.05, 0.1) is 6.33 Å². The van der Waals surface area contributed by atoms with Crippen molar-refractivity contribution in [3.63, 3.8) is 0 Å². The number of aryl methyl sites for hydroxylation is 1. The Balaban J connectivity index is 1.83. The molecular weight excluding hydrogens is 212 g/mol. The molecule has 0 bridgehead atoms. The Morgan fingerprint density at radius 3 is 3.00 bits per heavy atom. The molecule has 0 fully saturated rings. The Labute approximate surface area is 102 Å². The number of nitrogen functional groups attached to an aromatic ring is 1. The van der Waals surface area contributed by atoms with Gasteiger partial charge in [-0.2, -0.15) is 0 Å². The predicted molar refractivity (Wildman–Crippen MR) is 71.0 cm³/mol. The van der Waals surface area contributed by atoms with Crippen LogP contribution in [0.2, 0.25) is 0 Å². The summed E-state index contributed by atoms with van der Waals surface area (Å²) in [4.78, 5) is 6.24. The van der Waals surface area contributed by atoms with E-state index in [4.69, 9.17) is 5.73 Å². The number of imidazole rings is 1. The smallest absolute Gasteiger partial charge is 0.0945 e. The quantitative estimate of drug-likeness (QED) is 0.799. The van der Waals surface area contributed by atoms with Crippen molar-refractivity contribution in [2.24, 2.45) is 0 Å². The zero-order valence-electron chi connectivity index (χ0n) is 10.1. The molecule has 0 saturated heterocycles. The third-order valence-corrected chi connectivity index (χ3v) is 2.78. The van der Waals surface area contributed by atoms with Gasteiger partial charge in [-0.3, -0.25) is 0 Å². The molecule has 0 aliphatic heterocycles. The van der Waals surface area contributed by atoms with Gasteiger partial charge >= 0.3 is 0 Å². The zero-order chi connectivity index (χ0) is 12.1.